The Hall–Kier alpha value is -2.14. The van der Waals surface area contributed by atoms with Gasteiger partial charge in [0.2, 0.25) is 5.95 Å². The number of nitrogens with one attached hydrogen (secondary N) is 1. The molecule has 4 N–H and O–H groups in total. The molecule has 0 saturated heterocycles. The van der Waals surface area contributed by atoms with Crippen molar-refractivity contribution < 1.29 is 5.11 Å². The molecule has 0 aliphatic heterocycles. The van der Waals surface area contributed by atoms with Gasteiger partial charge in [0.25, 0.3) is 0 Å². The van der Waals surface area contributed by atoms with E-state index >= 15 is 0 Å². The average molecular weight is 340 g/mol. The number of benzene rings is 1. The van der Waals surface area contributed by atoms with Crippen LogP contribution in [-0.4, -0.2) is 27.2 Å². The monoisotopic (exact) mass is 340 g/mol. The molecule has 0 amide bonds. The topological polar surface area (TPSA) is 84.1 Å². The normalized spacial score (nSPS) is 20.6. The largest absolute Gasteiger partial charge is 0.393 e. The van der Waals surface area contributed by atoms with E-state index < -0.39 is 0 Å². The first kappa shape index (κ1) is 17.7. The van der Waals surface area contributed by atoms with Crippen molar-refractivity contribution >= 4 is 11.8 Å². The van der Waals surface area contributed by atoms with Crippen LogP contribution in [0.4, 0.5) is 11.8 Å². The Morgan fingerprint density at radius 2 is 1.88 bits per heavy atom. The fourth-order valence-corrected chi connectivity index (χ4v) is 3.55. The van der Waals surface area contributed by atoms with E-state index in [1.165, 1.54) is 11.1 Å². The van der Waals surface area contributed by atoms with Gasteiger partial charge in [-0.05, 0) is 42.7 Å². The van der Waals surface area contributed by atoms with Crippen molar-refractivity contribution in [2.24, 2.45) is 0 Å². The molecule has 5 heteroatoms. The van der Waals surface area contributed by atoms with Gasteiger partial charge in [0, 0.05) is 24.2 Å². The summed E-state index contributed by atoms with van der Waals surface area (Å²) in [4.78, 5) is 8.65. The minimum Gasteiger partial charge on any atom is -0.393 e. The maximum absolute atomic E-state index is 9.70. The molecule has 134 valence electrons. The van der Waals surface area contributed by atoms with Crippen LogP contribution >= 0.6 is 0 Å². The van der Waals surface area contributed by atoms with Crippen molar-refractivity contribution in [3.63, 3.8) is 0 Å². The van der Waals surface area contributed by atoms with Gasteiger partial charge >= 0.3 is 0 Å². The van der Waals surface area contributed by atoms with E-state index in [1.807, 2.05) is 6.20 Å². The summed E-state index contributed by atoms with van der Waals surface area (Å²) in [5.74, 6) is 1.59. The predicted molar refractivity (Wildman–Crippen MR) is 102 cm³/mol. The lowest BCUT2D eigenvalue weighted by atomic mass is 9.92. The molecule has 0 spiro atoms. The number of hydrogen-bond acceptors (Lipinski definition) is 5. The molecule has 3 rings (SSSR count). The number of anilines is 2. The standard InChI is InChI=1S/C20H28N4O/c1-13(2)18-6-4-3-5-14(18)11-15-12-22-20(21)24-19(15)23-16-7-9-17(25)10-8-16/h3-6,12-13,16-17,25H,7-11H2,1-2H3,(H3,21,22,23,24). The third kappa shape index (κ3) is 4.48. The summed E-state index contributed by atoms with van der Waals surface area (Å²) in [6.07, 6.45) is 6.03. The van der Waals surface area contributed by atoms with E-state index in [2.05, 4.69) is 53.4 Å². The third-order valence-corrected chi connectivity index (χ3v) is 4.98. The summed E-state index contributed by atoms with van der Waals surface area (Å²) in [7, 11) is 0. The molecule has 1 aromatic carbocycles. The highest BCUT2D eigenvalue weighted by Gasteiger charge is 2.21. The van der Waals surface area contributed by atoms with Gasteiger partial charge in [0.15, 0.2) is 0 Å². The molecule has 1 fully saturated rings. The van der Waals surface area contributed by atoms with Gasteiger partial charge in [-0.2, -0.15) is 4.98 Å². The van der Waals surface area contributed by atoms with Crippen LogP contribution in [0.15, 0.2) is 30.5 Å². The summed E-state index contributed by atoms with van der Waals surface area (Å²) in [6, 6.07) is 8.86. The van der Waals surface area contributed by atoms with Gasteiger partial charge in [-0.3, -0.25) is 0 Å². The number of nitrogens with zero attached hydrogens (tertiary/aromatic N) is 2. The molecular weight excluding hydrogens is 312 g/mol. The second-order valence-electron chi connectivity index (χ2n) is 7.28. The Kier molecular flexibility index (Phi) is 5.53. The lowest BCUT2D eigenvalue weighted by Gasteiger charge is -2.27. The van der Waals surface area contributed by atoms with E-state index in [9.17, 15) is 5.11 Å². The van der Waals surface area contributed by atoms with Crippen LogP contribution in [0.5, 0.6) is 0 Å². The second kappa shape index (κ2) is 7.83. The van der Waals surface area contributed by atoms with Crippen molar-refractivity contribution in [3.05, 3.63) is 47.2 Å². The molecule has 2 aromatic rings. The van der Waals surface area contributed by atoms with Crippen molar-refractivity contribution in [1.82, 2.24) is 9.97 Å². The highest BCUT2D eigenvalue weighted by molar-refractivity contribution is 5.50. The third-order valence-electron chi connectivity index (χ3n) is 4.98. The molecular formula is C20H28N4O. The zero-order valence-electron chi connectivity index (χ0n) is 15.1. The smallest absolute Gasteiger partial charge is 0.221 e. The van der Waals surface area contributed by atoms with Crippen LogP contribution in [0.2, 0.25) is 0 Å². The van der Waals surface area contributed by atoms with E-state index in [0.717, 1.165) is 43.5 Å². The number of nitrogen functional groups attached to an aromatic ring is 1. The molecule has 1 aliphatic rings. The van der Waals surface area contributed by atoms with Crippen molar-refractivity contribution in [2.45, 2.75) is 64.0 Å². The fraction of sp³-hybridized carbons (Fsp3) is 0.500. The van der Waals surface area contributed by atoms with Crippen molar-refractivity contribution in [1.29, 1.82) is 0 Å². The number of hydrogen-bond donors (Lipinski definition) is 3. The van der Waals surface area contributed by atoms with E-state index in [1.54, 1.807) is 0 Å². The van der Waals surface area contributed by atoms with Crippen LogP contribution in [0.25, 0.3) is 0 Å². The number of aromatic nitrogens is 2. The Labute approximate surface area is 149 Å². The van der Waals surface area contributed by atoms with Crippen LogP contribution < -0.4 is 11.1 Å². The van der Waals surface area contributed by atoms with Crippen molar-refractivity contribution in [3.8, 4) is 0 Å². The molecule has 1 aliphatic carbocycles. The molecule has 0 atom stereocenters. The summed E-state index contributed by atoms with van der Waals surface area (Å²) in [5, 5.41) is 13.2. The summed E-state index contributed by atoms with van der Waals surface area (Å²) in [6.45, 7) is 4.43. The molecule has 1 saturated carbocycles. The lowest BCUT2D eigenvalue weighted by molar-refractivity contribution is 0.126. The zero-order chi connectivity index (χ0) is 17.8. The number of nitrogens with two attached hydrogens (primary N) is 1. The Bertz CT molecular complexity index is 709. The van der Waals surface area contributed by atoms with Gasteiger partial charge in [-0.1, -0.05) is 38.1 Å². The number of aliphatic hydroxyl groups is 1. The molecule has 1 heterocycles. The van der Waals surface area contributed by atoms with Gasteiger partial charge in [0.05, 0.1) is 6.10 Å². The average Bonchev–Trinajstić information content (AvgIpc) is 2.59. The van der Waals surface area contributed by atoms with Gasteiger partial charge in [-0.15, -0.1) is 0 Å². The quantitative estimate of drug-likeness (QED) is 0.776. The molecule has 25 heavy (non-hydrogen) atoms. The van der Waals surface area contributed by atoms with Gasteiger partial charge in [0.1, 0.15) is 5.82 Å². The number of rotatable bonds is 5. The first-order valence-electron chi connectivity index (χ1n) is 9.16. The SMILES string of the molecule is CC(C)c1ccccc1Cc1cnc(N)nc1NC1CCC(O)CC1. The maximum Gasteiger partial charge on any atom is 0.221 e. The van der Waals surface area contributed by atoms with Crippen LogP contribution in [-0.2, 0) is 6.42 Å². The van der Waals surface area contributed by atoms with E-state index in [4.69, 9.17) is 5.73 Å². The molecule has 5 nitrogen and oxygen atoms in total. The Morgan fingerprint density at radius 3 is 2.60 bits per heavy atom. The van der Waals surface area contributed by atoms with Crippen LogP contribution in [0.3, 0.4) is 0 Å². The molecule has 0 radical (unpaired) electrons. The highest BCUT2D eigenvalue weighted by atomic mass is 16.3. The Morgan fingerprint density at radius 1 is 1.16 bits per heavy atom. The fourth-order valence-electron chi connectivity index (χ4n) is 3.55. The lowest BCUT2D eigenvalue weighted by Crippen LogP contribution is -2.29. The zero-order valence-corrected chi connectivity index (χ0v) is 15.1. The van der Waals surface area contributed by atoms with E-state index in [0.29, 0.717) is 17.9 Å². The molecule has 1 aromatic heterocycles. The molecule has 0 bridgehead atoms. The minimum absolute atomic E-state index is 0.161. The Balaban J connectivity index is 1.82. The minimum atomic E-state index is -0.161. The predicted octanol–water partition coefficient (Wildman–Crippen LogP) is 3.49. The highest BCUT2D eigenvalue weighted by Crippen LogP contribution is 2.27. The van der Waals surface area contributed by atoms with Crippen LogP contribution in [0.1, 0.15) is 62.1 Å². The summed E-state index contributed by atoms with van der Waals surface area (Å²) in [5.41, 5.74) is 9.54. The van der Waals surface area contributed by atoms with Gasteiger partial charge in [-0.25, -0.2) is 4.98 Å². The van der Waals surface area contributed by atoms with Crippen LogP contribution in [0, 0.1) is 0 Å². The summed E-state index contributed by atoms with van der Waals surface area (Å²) < 4.78 is 0. The first-order chi connectivity index (χ1) is 12.0. The van der Waals surface area contributed by atoms with E-state index in [-0.39, 0.29) is 6.10 Å². The second-order valence-corrected chi connectivity index (χ2v) is 7.28. The van der Waals surface area contributed by atoms with Crippen molar-refractivity contribution in [2.75, 3.05) is 11.1 Å². The van der Waals surface area contributed by atoms with Gasteiger partial charge < -0.3 is 16.2 Å². The maximum atomic E-state index is 9.70. The molecule has 0 unspecified atom stereocenters. The number of aliphatic hydroxyl groups excluding tert-OH is 1. The summed E-state index contributed by atoms with van der Waals surface area (Å²) >= 11 is 0. The first-order valence-corrected chi connectivity index (χ1v) is 9.16.